The third-order valence-electron chi connectivity index (χ3n) is 1.82. The standard InChI is InChI=1S/C11H8BrNO3/c12-6-2-1-3-9-4-5-11(13(15)16)7-10(9)8-14/h4-5,7-8H,2,6H2. The molecule has 82 valence electrons. The smallest absolute Gasteiger partial charge is 0.270 e. The van der Waals surface area contributed by atoms with Gasteiger partial charge in [0, 0.05) is 35.0 Å². The number of hydrogen-bond donors (Lipinski definition) is 0. The monoisotopic (exact) mass is 281 g/mol. The SMILES string of the molecule is O=Cc1cc([N+](=O)[O-])ccc1C#CCCBr. The minimum atomic E-state index is -0.539. The predicted octanol–water partition coefficient (Wildman–Crippen LogP) is 2.54. The fourth-order valence-corrected chi connectivity index (χ4v) is 1.28. The molecule has 16 heavy (non-hydrogen) atoms. The normalized spacial score (nSPS) is 9.06. The second-order valence-corrected chi connectivity index (χ2v) is 3.68. The van der Waals surface area contributed by atoms with E-state index in [2.05, 4.69) is 27.8 Å². The maximum atomic E-state index is 10.7. The molecule has 0 aliphatic carbocycles. The van der Waals surface area contributed by atoms with Crippen molar-refractivity contribution >= 4 is 27.9 Å². The van der Waals surface area contributed by atoms with E-state index in [-0.39, 0.29) is 11.3 Å². The van der Waals surface area contributed by atoms with E-state index < -0.39 is 4.92 Å². The third-order valence-corrected chi connectivity index (χ3v) is 2.21. The molecule has 0 aliphatic rings. The van der Waals surface area contributed by atoms with Crippen LogP contribution in [0.5, 0.6) is 0 Å². The van der Waals surface area contributed by atoms with Gasteiger partial charge >= 0.3 is 0 Å². The molecular formula is C11H8BrNO3. The molecule has 5 heteroatoms. The van der Waals surface area contributed by atoms with Gasteiger partial charge in [-0.3, -0.25) is 14.9 Å². The molecule has 0 aliphatic heterocycles. The summed E-state index contributed by atoms with van der Waals surface area (Å²) in [6.45, 7) is 0. The van der Waals surface area contributed by atoms with Gasteiger partial charge in [0.25, 0.3) is 5.69 Å². The van der Waals surface area contributed by atoms with Gasteiger partial charge in [0.05, 0.1) is 4.92 Å². The lowest BCUT2D eigenvalue weighted by Crippen LogP contribution is -1.93. The Balaban J connectivity index is 3.08. The molecule has 0 aromatic heterocycles. The van der Waals surface area contributed by atoms with Crippen LogP contribution in [-0.4, -0.2) is 16.5 Å². The summed E-state index contributed by atoms with van der Waals surface area (Å²) in [7, 11) is 0. The van der Waals surface area contributed by atoms with E-state index in [0.29, 0.717) is 18.3 Å². The van der Waals surface area contributed by atoms with E-state index in [9.17, 15) is 14.9 Å². The van der Waals surface area contributed by atoms with E-state index in [0.717, 1.165) is 5.33 Å². The number of nitro benzene ring substituents is 1. The van der Waals surface area contributed by atoms with E-state index in [1.54, 1.807) is 0 Å². The van der Waals surface area contributed by atoms with E-state index in [1.165, 1.54) is 18.2 Å². The van der Waals surface area contributed by atoms with Crippen LogP contribution >= 0.6 is 15.9 Å². The Morgan fingerprint density at radius 1 is 1.50 bits per heavy atom. The number of carbonyl (C=O) groups is 1. The Labute approximate surface area is 101 Å². The zero-order chi connectivity index (χ0) is 12.0. The van der Waals surface area contributed by atoms with Gasteiger partial charge in [-0.2, -0.15) is 0 Å². The highest BCUT2D eigenvalue weighted by atomic mass is 79.9. The molecule has 0 saturated heterocycles. The van der Waals surface area contributed by atoms with Gasteiger partial charge < -0.3 is 0 Å². The van der Waals surface area contributed by atoms with Crippen molar-refractivity contribution in [3.05, 3.63) is 39.4 Å². The van der Waals surface area contributed by atoms with Crippen molar-refractivity contribution in [2.75, 3.05) is 5.33 Å². The van der Waals surface area contributed by atoms with Crippen LogP contribution in [0.4, 0.5) is 5.69 Å². The summed E-state index contributed by atoms with van der Waals surface area (Å²) in [6.07, 6.45) is 1.24. The number of alkyl halides is 1. The largest absolute Gasteiger partial charge is 0.298 e. The lowest BCUT2D eigenvalue weighted by Gasteiger charge is -1.96. The fourth-order valence-electron chi connectivity index (χ4n) is 1.08. The van der Waals surface area contributed by atoms with Crippen LogP contribution in [0.25, 0.3) is 0 Å². The van der Waals surface area contributed by atoms with Crippen molar-refractivity contribution in [2.45, 2.75) is 6.42 Å². The van der Waals surface area contributed by atoms with Crippen molar-refractivity contribution in [2.24, 2.45) is 0 Å². The first kappa shape index (κ1) is 12.4. The number of benzene rings is 1. The topological polar surface area (TPSA) is 60.2 Å². The predicted molar refractivity (Wildman–Crippen MR) is 63.8 cm³/mol. The summed E-state index contributed by atoms with van der Waals surface area (Å²) >= 11 is 3.23. The number of hydrogen-bond acceptors (Lipinski definition) is 3. The van der Waals surface area contributed by atoms with Gasteiger partial charge in [-0.15, -0.1) is 0 Å². The average Bonchev–Trinajstić information content (AvgIpc) is 2.29. The summed E-state index contributed by atoms with van der Waals surface area (Å²) in [4.78, 5) is 20.7. The maximum Gasteiger partial charge on any atom is 0.270 e. The number of rotatable bonds is 3. The molecule has 0 atom stereocenters. The lowest BCUT2D eigenvalue weighted by atomic mass is 10.1. The molecule has 0 N–H and O–H groups in total. The van der Waals surface area contributed by atoms with Gasteiger partial charge in [0.15, 0.2) is 6.29 Å². The highest BCUT2D eigenvalue weighted by molar-refractivity contribution is 9.09. The van der Waals surface area contributed by atoms with E-state index in [1.807, 2.05) is 0 Å². The van der Waals surface area contributed by atoms with E-state index in [4.69, 9.17) is 0 Å². The summed E-state index contributed by atoms with van der Waals surface area (Å²) < 4.78 is 0. The molecule has 0 spiro atoms. The fraction of sp³-hybridized carbons (Fsp3) is 0.182. The Morgan fingerprint density at radius 2 is 2.25 bits per heavy atom. The molecule has 0 saturated carbocycles. The summed E-state index contributed by atoms with van der Waals surface area (Å²) in [6, 6.07) is 4.05. The highest BCUT2D eigenvalue weighted by Gasteiger charge is 2.08. The number of aldehydes is 1. The number of nitro groups is 1. The number of halogens is 1. The zero-order valence-electron chi connectivity index (χ0n) is 8.27. The summed E-state index contributed by atoms with van der Waals surface area (Å²) in [5, 5.41) is 11.2. The highest BCUT2D eigenvalue weighted by Crippen LogP contribution is 2.15. The molecule has 0 bridgehead atoms. The third kappa shape index (κ3) is 3.17. The molecule has 0 fully saturated rings. The first-order valence-corrected chi connectivity index (χ1v) is 5.59. The van der Waals surface area contributed by atoms with Crippen molar-refractivity contribution in [3.8, 4) is 11.8 Å². The molecule has 1 aromatic rings. The molecule has 0 amide bonds. The Kier molecular flexibility index (Phi) is 4.67. The second kappa shape index (κ2) is 6.03. The number of nitrogens with zero attached hydrogens (tertiary/aromatic N) is 1. The van der Waals surface area contributed by atoms with Crippen molar-refractivity contribution in [3.63, 3.8) is 0 Å². The van der Waals surface area contributed by atoms with Gasteiger partial charge in [-0.05, 0) is 6.07 Å². The summed E-state index contributed by atoms with van der Waals surface area (Å²) in [5.41, 5.74) is 0.658. The Morgan fingerprint density at radius 3 is 2.81 bits per heavy atom. The van der Waals surface area contributed by atoms with Crippen LogP contribution in [0.1, 0.15) is 22.3 Å². The lowest BCUT2D eigenvalue weighted by molar-refractivity contribution is -0.384. The second-order valence-electron chi connectivity index (χ2n) is 2.89. The van der Waals surface area contributed by atoms with Crippen LogP contribution in [0, 0.1) is 22.0 Å². The van der Waals surface area contributed by atoms with Crippen molar-refractivity contribution in [1.29, 1.82) is 0 Å². The first-order valence-electron chi connectivity index (χ1n) is 4.47. The molecule has 1 aromatic carbocycles. The van der Waals surface area contributed by atoms with Crippen LogP contribution in [0.15, 0.2) is 18.2 Å². The molecule has 0 heterocycles. The van der Waals surface area contributed by atoms with Crippen LogP contribution in [0.2, 0.25) is 0 Å². The first-order chi connectivity index (χ1) is 7.69. The van der Waals surface area contributed by atoms with Gasteiger partial charge in [-0.25, -0.2) is 0 Å². The Bertz CT molecular complexity index is 474. The van der Waals surface area contributed by atoms with Gasteiger partial charge in [0.1, 0.15) is 0 Å². The number of carbonyl (C=O) groups excluding carboxylic acids is 1. The quantitative estimate of drug-likeness (QED) is 0.281. The van der Waals surface area contributed by atoms with Crippen LogP contribution < -0.4 is 0 Å². The van der Waals surface area contributed by atoms with Crippen LogP contribution in [0.3, 0.4) is 0 Å². The molecule has 0 radical (unpaired) electrons. The minimum absolute atomic E-state index is 0.104. The summed E-state index contributed by atoms with van der Waals surface area (Å²) in [5.74, 6) is 5.65. The van der Waals surface area contributed by atoms with Gasteiger partial charge in [-0.1, -0.05) is 27.8 Å². The Hall–Kier alpha value is -1.67. The van der Waals surface area contributed by atoms with Gasteiger partial charge in [0.2, 0.25) is 0 Å². The average molecular weight is 282 g/mol. The number of non-ortho nitro benzene ring substituents is 1. The molecular weight excluding hydrogens is 274 g/mol. The maximum absolute atomic E-state index is 10.7. The van der Waals surface area contributed by atoms with E-state index >= 15 is 0 Å². The zero-order valence-corrected chi connectivity index (χ0v) is 9.86. The minimum Gasteiger partial charge on any atom is -0.298 e. The van der Waals surface area contributed by atoms with Crippen LogP contribution in [-0.2, 0) is 0 Å². The van der Waals surface area contributed by atoms with Crippen molar-refractivity contribution < 1.29 is 9.72 Å². The van der Waals surface area contributed by atoms with Crippen molar-refractivity contribution in [1.82, 2.24) is 0 Å². The molecule has 0 unspecified atom stereocenters. The molecule has 4 nitrogen and oxygen atoms in total. The molecule has 1 rings (SSSR count).